The topological polar surface area (TPSA) is 80.0 Å². The molecule has 0 saturated carbocycles. The molecule has 4 aromatic rings. The highest BCUT2D eigenvalue weighted by Crippen LogP contribution is 2.43. The molecule has 0 bridgehead atoms. The summed E-state index contributed by atoms with van der Waals surface area (Å²) in [5.41, 5.74) is 3.69. The van der Waals surface area contributed by atoms with Gasteiger partial charge in [-0.25, -0.2) is 0 Å². The van der Waals surface area contributed by atoms with E-state index >= 15 is 0 Å². The molecule has 1 aliphatic heterocycles. The molecule has 0 fully saturated rings. The molecule has 6 nitrogen and oxygen atoms in total. The highest BCUT2D eigenvalue weighted by Gasteiger charge is 2.45. The number of fused-ring (bicyclic) bond motifs is 1. The molecule has 35 heavy (non-hydrogen) atoms. The number of benzene rings is 3. The van der Waals surface area contributed by atoms with Crippen LogP contribution < -0.4 is 9.64 Å². The van der Waals surface area contributed by atoms with Crippen LogP contribution in [0.15, 0.2) is 82.5 Å². The van der Waals surface area contributed by atoms with E-state index in [0.29, 0.717) is 33.0 Å². The lowest BCUT2D eigenvalue weighted by Gasteiger charge is -2.27. The van der Waals surface area contributed by atoms with Crippen molar-refractivity contribution in [2.45, 2.75) is 19.9 Å². The van der Waals surface area contributed by atoms with Crippen molar-refractivity contribution >= 4 is 39.9 Å². The third-order valence-corrected chi connectivity index (χ3v) is 6.59. The van der Waals surface area contributed by atoms with Gasteiger partial charge >= 0.3 is 0 Å². The second-order valence-corrected chi connectivity index (χ2v) is 8.94. The van der Waals surface area contributed by atoms with Gasteiger partial charge < -0.3 is 14.3 Å². The predicted molar refractivity (Wildman–Crippen MR) is 134 cm³/mol. The zero-order valence-corrected chi connectivity index (χ0v) is 20.1. The van der Waals surface area contributed by atoms with Crippen LogP contribution in [0.4, 0.5) is 5.69 Å². The Bertz CT molecular complexity index is 1520. The Morgan fingerprint density at radius 1 is 1.00 bits per heavy atom. The van der Waals surface area contributed by atoms with Crippen molar-refractivity contribution < 1.29 is 23.8 Å². The number of methoxy groups -OCH3 is 1. The van der Waals surface area contributed by atoms with Gasteiger partial charge in [0.1, 0.15) is 11.3 Å². The highest BCUT2D eigenvalue weighted by molar-refractivity contribution is 6.31. The third-order valence-electron chi connectivity index (χ3n) is 6.36. The number of ether oxygens (including phenoxy) is 1. The number of aliphatic hydroxyl groups is 1. The lowest BCUT2D eigenvalue weighted by molar-refractivity contribution is -0.117. The monoisotopic (exact) mass is 487 g/mol. The van der Waals surface area contributed by atoms with E-state index < -0.39 is 23.5 Å². The Hall–Kier alpha value is -4.03. The molecular weight excluding hydrogens is 466 g/mol. The van der Waals surface area contributed by atoms with Crippen LogP contribution in [-0.4, -0.2) is 23.9 Å². The van der Waals surface area contributed by atoms with Crippen molar-refractivity contribution in [1.29, 1.82) is 0 Å². The van der Waals surface area contributed by atoms with E-state index in [0.717, 1.165) is 11.1 Å². The Balaban J connectivity index is 1.66. The maximum Gasteiger partial charge on any atom is 0.294 e. The fourth-order valence-electron chi connectivity index (χ4n) is 4.34. The minimum atomic E-state index is -0.861. The third kappa shape index (κ3) is 3.86. The lowest BCUT2D eigenvalue weighted by Crippen LogP contribution is -2.31. The summed E-state index contributed by atoms with van der Waals surface area (Å²) in [6.45, 7) is 3.92. The van der Waals surface area contributed by atoms with E-state index in [9.17, 15) is 14.7 Å². The minimum absolute atomic E-state index is 0.0112. The average Bonchev–Trinajstić information content (AvgIpc) is 3.39. The summed E-state index contributed by atoms with van der Waals surface area (Å²) in [6.07, 6.45) is 0. The number of hydrogen-bond acceptors (Lipinski definition) is 5. The van der Waals surface area contributed by atoms with Crippen LogP contribution in [0.25, 0.3) is 11.0 Å². The van der Waals surface area contributed by atoms with Gasteiger partial charge in [0.2, 0.25) is 5.78 Å². The van der Waals surface area contributed by atoms with Crippen molar-refractivity contribution in [1.82, 2.24) is 0 Å². The summed E-state index contributed by atoms with van der Waals surface area (Å²) in [5, 5.41) is 12.1. The van der Waals surface area contributed by atoms with Gasteiger partial charge in [-0.05, 0) is 79.1 Å². The fourth-order valence-corrected chi connectivity index (χ4v) is 4.52. The molecule has 0 saturated heterocycles. The smallest absolute Gasteiger partial charge is 0.294 e. The van der Waals surface area contributed by atoms with Crippen LogP contribution in [0.5, 0.6) is 5.75 Å². The molecule has 1 amide bonds. The van der Waals surface area contributed by atoms with E-state index in [1.165, 1.54) is 4.90 Å². The molecule has 1 aliphatic rings. The summed E-state index contributed by atoms with van der Waals surface area (Å²) in [7, 11) is 1.56. The van der Waals surface area contributed by atoms with Crippen molar-refractivity contribution in [3.8, 4) is 5.75 Å². The van der Waals surface area contributed by atoms with Gasteiger partial charge in [0.25, 0.3) is 5.91 Å². The van der Waals surface area contributed by atoms with Crippen LogP contribution in [0.1, 0.15) is 33.3 Å². The molecule has 176 valence electrons. The first kappa shape index (κ1) is 22.7. The van der Waals surface area contributed by atoms with Crippen LogP contribution in [0, 0.1) is 13.8 Å². The van der Waals surface area contributed by atoms with Crippen molar-refractivity contribution in [3.63, 3.8) is 0 Å². The first-order chi connectivity index (χ1) is 16.8. The highest BCUT2D eigenvalue weighted by atomic mass is 35.5. The molecule has 5 rings (SSSR count). The van der Waals surface area contributed by atoms with Gasteiger partial charge in [0, 0.05) is 16.1 Å². The fraction of sp³-hybridized carbons (Fsp3) is 0.143. The van der Waals surface area contributed by atoms with E-state index in [1.807, 2.05) is 26.0 Å². The van der Waals surface area contributed by atoms with E-state index in [2.05, 4.69) is 0 Å². The zero-order chi connectivity index (χ0) is 24.9. The first-order valence-corrected chi connectivity index (χ1v) is 11.4. The maximum atomic E-state index is 13.7. The maximum absolute atomic E-state index is 13.7. The summed E-state index contributed by atoms with van der Waals surface area (Å²) in [5.74, 6) is -1.19. The van der Waals surface area contributed by atoms with Gasteiger partial charge in [-0.3, -0.25) is 14.5 Å². The molecule has 3 aromatic carbocycles. The zero-order valence-electron chi connectivity index (χ0n) is 19.3. The molecule has 0 spiro atoms. The molecule has 7 heteroatoms. The second-order valence-electron chi connectivity index (χ2n) is 8.50. The van der Waals surface area contributed by atoms with Gasteiger partial charge in [-0.2, -0.15) is 0 Å². The summed E-state index contributed by atoms with van der Waals surface area (Å²) < 4.78 is 11.0. The number of furan rings is 1. The number of anilines is 1. The van der Waals surface area contributed by atoms with Gasteiger partial charge in [-0.15, -0.1) is 0 Å². The summed E-state index contributed by atoms with van der Waals surface area (Å²) in [4.78, 5) is 28.5. The van der Waals surface area contributed by atoms with Gasteiger partial charge in [0.15, 0.2) is 11.5 Å². The predicted octanol–water partition coefficient (Wildman–Crippen LogP) is 6.49. The van der Waals surface area contributed by atoms with E-state index in [1.54, 1.807) is 61.7 Å². The number of halogens is 1. The Labute approximate surface area is 207 Å². The molecule has 1 aromatic heterocycles. The largest absolute Gasteiger partial charge is 0.503 e. The molecule has 1 atom stereocenters. The van der Waals surface area contributed by atoms with Gasteiger partial charge in [-0.1, -0.05) is 29.8 Å². The number of carbonyl (C=O) groups is 2. The van der Waals surface area contributed by atoms with Crippen LogP contribution in [0.3, 0.4) is 0 Å². The van der Waals surface area contributed by atoms with E-state index in [4.69, 9.17) is 20.8 Å². The Morgan fingerprint density at radius 2 is 1.74 bits per heavy atom. The van der Waals surface area contributed by atoms with Crippen molar-refractivity contribution in [2.24, 2.45) is 0 Å². The Morgan fingerprint density at radius 3 is 2.43 bits per heavy atom. The number of aryl methyl sites for hydroxylation is 2. The quantitative estimate of drug-likeness (QED) is 0.325. The molecule has 1 N–H and O–H groups in total. The minimum Gasteiger partial charge on any atom is -0.503 e. The number of aliphatic hydroxyl groups excluding tert-OH is 1. The van der Waals surface area contributed by atoms with E-state index in [-0.39, 0.29) is 11.3 Å². The van der Waals surface area contributed by atoms with Crippen molar-refractivity contribution in [3.05, 3.63) is 106 Å². The van der Waals surface area contributed by atoms with Crippen LogP contribution in [-0.2, 0) is 4.79 Å². The normalized spacial score (nSPS) is 15.8. The van der Waals surface area contributed by atoms with Crippen LogP contribution in [0.2, 0.25) is 5.02 Å². The molecule has 0 aliphatic carbocycles. The van der Waals surface area contributed by atoms with Crippen molar-refractivity contribution in [2.75, 3.05) is 12.0 Å². The lowest BCUT2D eigenvalue weighted by atomic mass is 9.94. The average molecular weight is 488 g/mol. The van der Waals surface area contributed by atoms with Gasteiger partial charge in [0.05, 0.1) is 18.7 Å². The molecule has 0 radical (unpaired) electrons. The SMILES string of the molecule is COc1ccc(C2C(C(=O)c3cc4cc(Cl)ccc4o3)=C(O)C(=O)N2c2ccc(C)c(C)c2)cc1. The number of nitrogens with zero attached hydrogens (tertiary/aromatic N) is 1. The number of carbonyl (C=O) groups excluding carboxylic acids is 2. The standard InChI is InChI=1S/C28H22ClNO5/c1-15-4-8-20(12-16(15)2)30-25(17-5-9-21(34-3)10-6-17)24(27(32)28(30)33)26(31)23-14-18-13-19(29)7-11-22(18)35-23/h4-14,25,32H,1-3H3. The number of hydrogen-bond donors (Lipinski definition) is 1. The number of Topliss-reactive ketones (excluding diaryl/α,β-unsaturated/α-hetero) is 1. The molecule has 1 unspecified atom stereocenters. The molecular formula is C28H22ClNO5. The summed E-state index contributed by atoms with van der Waals surface area (Å²) >= 11 is 6.08. The summed E-state index contributed by atoms with van der Waals surface area (Å²) in [6, 6.07) is 18.4. The molecule has 2 heterocycles. The van der Waals surface area contributed by atoms with Crippen LogP contribution >= 0.6 is 11.6 Å². The number of rotatable bonds is 5. The number of amides is 1. The first-order valence-electron chi connectivity index (χ1n) is 11.0. The Kier molecular flexibility index (Phi) is 5.61. The second kappa shape index (κ2) is 8.64. The number of ketones is 1.